The Morgan fingerprint density at radius 1 is 1.69 bits per heavy atom. The summed E-state index contributed by atoms with van der Waals surface area (Å²) in [5, 5.41) is 15.9. The molecule has 1 aliphatic rings. The zero-order valence-corrected chi connectivity index (χ0v) is 7.20. The summed E-state index contributed by atoms with van der Waals surface area (Å²) in [6.07, 6.45) is 2.05. The molecule has 70 valence electrons. The second kappa shape index (κ2) is 2.76. The zero-order valence-electron chi connectivity index (χ0n) is 7.20. The number of aromatic nitrogens is 2. The Morgan fingerprint density at radius 2 is 2.38 bits per heavy atom. The Bertz CT molecular complexity index is 341. The van der Waals surface area contributed by atoms with Crippen LogP contribution in [0.15, 0.2) is 0 Å². The summed E-state index contributed by atoms with van der Waals surface area (Å²) >= 11 is 0. The number of aromatic amines is 1. The Kier molecular flexibility index (Phi) is 1.72. The first-order valence-electron chi connectivity index (χ1n) is 4.09. The van der Waals surface area contributed by atoms with Crippen molar-refractivity contribution in [2.24, 2.45) is 0 Å². The average molecular weight is 182 g/mol. The van der Waals surface area contributed by atoms with Crippen molar-refractivity contribution in [3.8, 4) is 5.75 Å². The highest BCUT2D eigenvalue weighted by molar-refractivity contribution is 5.90. The Morgan fingerprint density at radius 3 is 2.92 bits per heavy atom. The van der Waals surface area contributed by atoms with Crippen molar-refractivity contribution in [1.29, 1.82) is 0 Å². The van der Waals surface area contributed by atoms with E-state index in [-0.39, 0.29) is 11.4 Å². The highest BCUT2D eigenvalue weighted by atomic mass is 16.5. The molecule has 1 aromatic rings. The van der Waals surface area contributed by atoms with Gasteiger partial charge in [0.15, 0.2) is 11.4 Å². The molecule has 2 N–H and O–H groups in total. The van der Waals surface area contributed by atoms with E-state index >= 15 is 0 Å². The second-order valence-corrected chi connectivity index (χ2v) is 3.10. The van der Waals surface area contributed by atoms with Gasteiger partial charge in [-0.25, -0.2) is 4.79 Å². The van der Waals surface area contributed by atoms with E-state index in [1.54, 1.807) is 0 Å². The molecule has 1 heterocycles. The smallest absolute Gasteiger partial charge is 0.359 e. The van der Waals surface area contributed by atoms with Crippen molar-refractivity contribution >= 4 is 5.97 Å². The van der Waals surface area contributed by atoms with Gasteiger partial charge >= 0.3 is 5.97 Å². The van der Waals surface area contributed by atoms with Crippen molar-refractivity contribution in [2.75, 3.05) is 7.11 Å². The Labute approximate surface area is 74.7 Å². The van der Waals surface area contributed by atoms with Crippen LogP contribution in [0, 0.1) is 0 Å². The van der Waals surface area contributed by atoms with Gasteiger partial charge in [0.2, 0.25) is 0 Å². The molecule has 0 unspecified atom stereocenters. The minimum absolute atomic E-state index is 0.0457. The van der Waals surface area contributed by atoms with E-state index in [0.717, 1.165) is 12.8 Å². The number of carbonyl (C=O) groups excluding carboxylic acids is 1. The summed E-state index contributed by atoms with van der Waals surface area (Å²) in [5.74, 6) is -0.332. The molecule has 0 atom stereocenters. The first-order chi connectivity index (χ1) is 6.24. The zero-order chi connectivity index (χ0) is 9.42. The van der Waals surface area contributed by atoms with Crippen LogP contribution in [0.2, 0.25) is 0 Å². The quantitative estimate of drug-likeness (QED) is 0.663. The number of methoxy groups -OCH3 is 1. The first-order valence-corrected chi connectivity index (χ1v) is 4.09. The van der Waals surface area contributed by atoms with Gasteiger partial charge in [-0.2, -0.15) is 5.10 Å². The Hall–Kier alpha value is -1.52. The van der Waals surface area contributed by atoms with Crippen LogP contribution >= 0.6 is 0 Å². The number of aromatic hydroxyl groups is 1. The van der Waals surface area contributed by atoms with Crippen LogP contribution in [0.5, 0.6) is 5.75 Å². The van der Waals surface area contributed by atoms with Crippen molar-refractivity contribution in [3.63, 3.8) is 0 Å². The molecule has 0 bridgehead atoms. The molecule has 13 heavy (non-hydrogen) atoms. The van der Waals surface area contributed by atoms with Gasteiger partial charge in [0.05, 0.1) is 7.11 Å². The fraction of sp³-hybridized carbons (Fsp3) is 0.500. The van der Waals surface area contributed by atoms with Gasteiger partial charge in [-0.1, -0.05) is 0 Å². The third-order valence-corrected chi connectivity index (χ3v) is 2.12. The predicted molar refractivity (Wildman–Crippen MR) is 43.6 cm³/mol. The van der Waals surface area contributed by atoms with E-state index in [1.807, 2.05) is 0 Å². The largest absolute Gasteiger partial charge is 0.504 e. The van der Waals surface area contributed by atoms with Crippen LogP contribution in [0.3, 0.4) is 0 Å². The number of esters is 1. The van der Waals surface area contributed by atoms with Gasteiger partial charge in [-0.15, -0.1) is 0 Å². The minimum atomic E-state index is -0.586. The van der Waals surface area contributed by atoms with E-state index in [9.17, 15) is 9.90 Å². The number of carbonyl (C=O) groups is 1. The summed E-state index contributed by atoms with van der Waals surface area (Å²) < 4.78 is 4.46. The summed E-state index contributed by atoms with van der Waals surface area (Å²) in [6, 6.07) is 0. The average Bonchev–Trinajstić information content (AvgIpc) is 2.90. The number of hydrogen-bond donors (Lipinski definition) is 2. The van der Waals surface area contributed by atoms with Crippen LogP contribution in [0.1, 0.15) is 34.9 Å². The SMILES string of the molecule is COC(=O)c1[nH]nc(C2CC2)c1O. The molecule has 0 spiro atoms. The van der Waals surface area contributed by atoms with Crippen molar-refractivity contribution in [2.45, 2.75) is 18.8 Å². The predicted octanol–water partition coefficient (Wildman–Crippen LogP) is 0.779. The third-order valence-electron chi connectivity index (χ3n) is 2.12. The molecule has 0 radical (unpaired) electrons. The van der Waals surface area contributed by atoms with Crippen molar-refractivity contribution in [1.82, 2.24) is 10.2 Å². The minimum Gasteiger partial charge on any atom is -0.504 e. The Balaban J connectivity index is 2.32. The first kappa shape index (κ1) is 8.10. The van der Waals surface area contributed by atoms with Crippen LogP contribution in [-0.2, 0) is 4.74 Å². The maximum Gasteiger partial charge on any atom is 0.359 e. The van der Waals surface area contributed by atoms with E-state index in [2.05, 4.69) is 14.9 Å². The summed E-state index contributed by atoms with van der Waals surface area (Å²) in [6.45, 7) is 0. The van der Waals surface area contributed by atoms with Gasteiger partial charge in [0.25, 0.3) is 0 Å². The third kappa shape index (κ3) is 1.26. The van der Waals surface area contributed by atoms with E-state index in [1.165, 1.54) is 7.11 Å². The fourth-order valence-corrected chi connectivity index (χ4v) is 1.24. The molecule has 0 aromatic carbocycles. The highest BCUT2D eigenvalue weighted by Crippen LogP contribution is 2.43. The molecule has 0 amide bonds. The van der Waals surface area contributed by atoms with E-state index in [4.69, 9.17) is 0 Å². The lowest BCUT2D eigenvalue weighted by atomic mass is 10.2. The number of nitrogens with one attached hydrogen (secondary N) is 1. The number of hydrogen-bond acceptors (Lipinski definition) is 4. The fourth-order valence-electron chi connectivity index (χ4n) is 1.24. The number of rotatable bonds is 2. The molecule has 0 saturated heterocycles. The lowest BCUT2D eigenvalue weighted by Gasteiger charge is -1.95. The molecule has 1 aliphatic carbocycles. The highest BCUT2D eigenvalue weighted by Gasteiger charge is 2.31. The maximum absolute atomic E-state index is 11.0. The number of ether oxygens (including phenoxy) is 1. The summed E-state index contributed by atoms with van der Waals surface area (Å²) in [7, 11) is 1.26. The summed E-state index contributed by atoms with van der Waals surface area (Å²) in [4.78, 5) is 11.0. The molecule has 2 rings (SSSR count). The number of H-pyrrole nitrogens is 1. The normalized spacial score (nSPS) is 15.8. The summed E-state index contributed by atoms with van der Waals surface area (Å²) in [5.41, 5.74) is 0.629. The molecule has 1 fully saturated rings. The van der Waals surface area contributed by atoms with Gasteiger partial charge in [-0.3, -0.25) is 5.10 Å². The van der Waals surface area contributed by atoms with Crippen LogP contribution in [0.4, 0.5) is 0 Å². The van der Waals surface area contributed by atoms with Gasteiger partial charge in [-0.05, 0) is 12.8 Å². The van der Waals surface area contributed by atoms with Gasteiger partial charge < -0.3 is 9.84 Å². The topological polar surface area (TPSA) is 75.2 Å². The van der Waals surface area contributed by atoms with Crippen molar-refractivity contribution in [3.05, 3.63) is 11.4 Å². The molecular weight excluding hydrogens is 172 g/mol. The lowest BCUT2D eigenvalue weighted by Crippen LogP contribution is -2.01. The lowest BCUT2D eigenvalue weighted by molar-refractivity contribution is 0.0590. The van der Waals surface area contributed by atoms with E-state index < -0.39 is 5.97 Å². The monoisotopic (exact) mass is 182 g/mol. The van der Waals surface area contributed by atoms with Crippen molar-refractivity contribution < 1.29 is 14.6 Å². The molecule has 1 aromatic heterocycles. The van der Waals surface area contributed by atoms with Crippen LogP contribution < -0.4 is 0 Å². The standard InChI is InChI=1S/C8H10N2O3/c1-13-8(12)6-7(11)5(9-10-6)4-2-3-4/h4,11H,2-3H2,1H3,(H,9,10). The molecular formula is C8H10N2O3. The number of nitrogens with zero attached hydrogens (tertiary/aromatic N) is 1. The second-order valence-electron chi connectivity index (χ2n) is 3.10. The van der Waals surface area contributed by atoms with Gasteiger partial charge in [0, 0.05) is 5.92 Å². The molecule has 0 aliphatic heterocycles. The van der Waals surface area contributed by atoms with Crippen LogP contribution in [0.25, 0.3) is 0 Å². The van der Waals surface area contributed by atoms with Gasteiger partial charge in [0.1, 0.15) is 5.69 Å². The van der Waals surface area contributed by atoms with Crippen LogP contribution in [-0.4, -0.2) is 28.4 Å². The molecule has 1 saturated carbocycles. The molecule has 5 nitrogen and oxygen atoms in total. The maximum atomic E-state index is 11.0. The van der Waals surface area contributed by atoms with E-state index in [0.29, 0.717) is 11.6 Å². The molecule has 5 heteroatoms.